The minimum atomic E-state index is 0.541. The molecule has 0 aliphatic carbocycles. The normalized spacial score (nSPS) is 11.0. The van der Waals surface area contributed by atoms with Gasteiger partial charge in [-0.05, 0) is 37.1 Å². The summed E-state index contributed by atoms with van der Waals surface area (Å²) >= 11 is 6.03. The summed E-state index contributed by atoms with van der Waals surface area (Å²) in [5, 5.41) is 1.05. The maximum absolute atomic E-state index is 5.68. The van der Waals surface area contributed by atoms with Crippen molar-refractivity contribution in [3.8, 4) is 16.3 Å². The molecule has 0 amide bonds. The summed E-state index contributed by atoms with van der Waals surface area (Å²) in [6.45, 7) is 7.07. The zero-order valence-electron chi connectivity index (χ0n) is 11.5. The molecule has 0 spiro atoms. The molecule has 0 saturated carbocycles. The molecule has 0 aliphatic rings. The minimum absolute atomic E-state index is 0.541. The number of benzene rings is 1. The summed E-state index contributed by atoms with van der Waals surface area (Å²) in [5.74, 6) is 2.21. The Labute approximate surface area is 124 Å². The van der Waals surface area contributed by atoms with Gasteiger partial charge < -0.3 is 4.74 Å². The first-order chi connectivity index (χ1) is 9.10. The third-order valence-electron chi connectivity index (χ3n) is 2.72. The quantitative estimate of drug-likeness (QED) is 0.815. The summed E-state index contributed by atoms with van der Waals surface area (Å²) in [5.41, 5.74) is 2.22. The van der Waals surface area contributed by atoms with Crippen LogP contribution in [0.15, 0.2) is 24.3 Å². The highest BCUT2D eigenvalue weighted by Crippen LogP contribution is 2.29. The molecule has 4 heteroatoms. The molecule has 1 aromatic heterocycles. The largest absolute Gasteiger partial charge is 0.493 e. The Bertz CT molecular complexity index is 532. The van der Waals surface area contributed by atoms with E-state index in [1.165, 1.54) is 4.88 Å². The second kappa shape index (κ2) is 6.44. The van der Waals surface area contributed by atoms with E-state index < -0.39 is 0 Å². The second-order valence-electron chi connectivity index (χ2n) is 4.91. The van der Waals surface area contributed by atoms with Gasteiger partial charge >= 0.3 is 0 Å². The van der Waals surface area contributed by atoms with Crippen molar-refractivity contribution in [2.45, 2.75) is 26.5 Å². The van der Waals surface area contributed by atoms with Crippen molar-refractivity contribution in [2.24, 2.45) is 5.92 Å². The molecule has 102 valence electrons. The predicted octanol–water partition coefficient (Wildman–Crippen LogP) is 4.58. The molecule has 0 bridgehead atoms. The van der Waals surface area contributed by atoms with Gasteiger partial charge in [-0.3, -0.25) is 0 Å². The lowest BCUT2D eigenvalue weighted by atomic mass is 10.2. The van der Waals surface area contributed by atoms with Crippen molar-refractivity contribution in [3.05, 3.63) is 34.8 Å². The van der Waals surface area contributed by atoms with Crippen molar-refractivity contribution in [2.75, 3.05) is 6.61 Å². The van der Waals surface area contributed by atoms with Crippen LogP contribution in [-0.2, 0) is 5.75 Å². The highest BCUT2D eigenvalue weighted by molar-refractivity contribution is 7.79. The van der Waals surface area contributed by atoms with E-state index in [9.17, 15) is 0 Å². The molecule has 2 rings (SSSR count). The fourth-order valence-corrected chi connectivity index (χ4v) is 3.01. The van der Waals surface area contributed by atoms with Gasteiger partial charge in [0.05, 0.1) is 12.3 Å². The predicted molar refractivity (Wildman–Crippen MR) is 85.3 cm³/mol. The summed E-state index contributed by atoms with van der Waals surface area (Å²) in [4.78, 5) is 5.82. The van der Waals surface area contributed by atoms with Crippen molar-refractivity contribution in [1.82, 2.24) is 4.98 Å². The second-order valence-corrected chi connectivity index (χ2v) is 6.31. The molecule has 0 unspecified atom stereocenters. The fraction of sp³-hybridized carbons (Fsp3) is 0.400. The fourth-order valence-electron chi connectivity index (χ4n) is 1.65. The van der Waals surface area contributed by atoms with E-state index >= 15 is 0 Å². The van der Waals surface area contributed by atoms with E-state index in [1.54, 1.807) is 11.3 Å². The monoisotopic (exact) mass is 293 g/mol. The first kappa shape index (κ1) is 14.4. The third-order valence-corrected chi connectivity index (χ3v) is 4.46. The van der Waals surface area contributed by atoms with E-state index in [-0.39, 0.29) is 0 Å². The number of thiazole rings is 1. The topological polar surface area (TPSA) is 22.1 Å². The van der Waals surface area contributed by atoms with Gasteiger partial charge in [-0.25, -0.2) is 4.98 Å². The molecule has 19 heavy (non-hydrogen) atoms. The van der Waals surface area contributed by atoms with Crippen molar-refractivity contribution < 1.29 is 4.74 Å². The van der Waals surface area contributed by atoms with Crippen LogP contribution in [0.3, 0.4) is 0 Å². The maximum atomic E-state index is 5.68. The highest BCUT2D eigenvalue weighted by Gasteiger charge is 2.08. The number of hydrogen-bond acceptors (Lipinski definition) is 4. The van der Waals surface area contributed by atoms with Crippen LogP contribution in [0.4, 0.5) is 0 Å². The van der Waals surface area contributed by atoms with E-state index in [2.05, 4.69) is 43.6 Å². The lowest BCUT2D eigenvalue weighted by Crippen LogP contribution is -2.04. The van der Waals surface area contributed by atoms with Crippen LogP contribution in [0.25, 0.3) is 10.6 Å². The zero-order valence-corrected chi connectivity index (χ0v) is 13.2. The number of aryl methyl sites for hydroxylation is 1. The molecule has 1 aromatic carbocycles. The Morgan fingerprint density at radius 3 is 2.47 bits per heavy atom. The van der Waals surface area contributed by atoms with Crippen LogP contribution in [0, 0.1) is 12.8 Å². The Morgan fingerprint density at radius 2 is 1.95 bits per heavy atom. The van der Waals surface area contributed by atoms with Gasteiger partial charge in [0.2, 0.25) is 0 Å². The number of hydrogen-bond donors (Lipinski definition) is 1. The summed E-state index contributed by atoms with van der Waals surface area (Å²) in [7, 11) is 0. The molecule has 0 aliphatic heterocycles. The number of nitrogens with zero attached hydrogens (tertiary/aromatic N) is 1. The van der Waals surface area contributed by atoms with Crippen LogP contribution in [0.1, 0.15) is 24.4 Å². The van der Waals surface area contributed by atoms with Crippen LogP contribution < -0.4 is 4.74 Å². The Morgan fingerprint density at radius 1 is 1.26 bits per heavy atom. The lowest BCUT2D eigenvalue weighted by Gasteiger charge is -2.08. The van der Waals surface area contributed by atoms with Crippen molar-refractivity contribution in [3.63, 3.8) is 0 Å². The molecular formula is C15H19NOS2. The van der Waals surface area contributed by atoms with E-state index in [0.29, 0.717) is 5.92 Å². The van der Waals surface area contributed by atoms with Gasteiger partial charge in [0.1, 0.15) is 10.8 Å². The van der Waals surface area contributed by atoms with Crippen LogP contribution in [0.5, 0.6) is 5.75 Å². The average molecular weight is 293 g/mol. The first-order valence-electron chi connectivity index (χ1n) is 6.40. The SMILES string of the molecule is Cc1nc(-c2ccc(OCC(C)C)cc2)sc1CS. The van der Waals surface area contributed by atoms with E-state index in [0.717, 1.165) is 34.4 Å². The van der Waals surface area contributed by atoms with Gasteiger partial charge in [-0.2, -0.15) is 12.6 Å². The Balaban J connectivity index is 2.13. The number of aromatic nitrogens is 1. The smallest absolute Gasteiger partial charge is 0.123 e. The van der Waals surface area contributed by atoms with Gasteiger partial charge in [0, 0.05) is 16.2 Å². The summed E-state index contributed by atoms with van der Waals surface area (Å²) in [6.07, 6.45) is 0. The number of rotatable bonds is 5. The maximum Gasteiger partial charge on any atom is 0.123 e. The minimum Gasteiger partial charge on any atom is -0.493 e. The third kappa shape index (κ3) is 3.74. The van der Waals surface area contributed by atoms with Crippen LogP contribution in [-0.4, -0.2) is 11.6 Å². The first-order valence-corrected chi connectivity index (χ1v) is 7.85. The Hall–Kier alpha value is -1.00. The molecule has 0 fully saturated rings. The molecule has 2 aromatic rings. The summed E-state index contributed by atoms with van der Waals surface area (Å²) in [6, 6.07) is 8.15. The van der Waals surface area contributed by atoms with Crippen molar-refractivity contribution in [1.29, 1.82) is 0 Å². The average Bonchev–Trinajstić information content (AvgIpc) is 2.78. The Kier molecular flexibility index (Phi) is 4.88. The molecule has 2 nitrogen and oxygen atoms in total. The number of thiol groups is 1. The van der Waals surface area contributed by atoms with Crippen molar-refractivity contribution >= 4 is 24.0 Å². The van der Waals surface area contributed by atoms with Gasteiger partial charge in [-0.1, -0.05) is 13.8 Å². The molecule has 0 saturated heterocycles. The molecule has 0 radical (unpaired) electrons. The molecule has 0 N–H and O–H groups in total. The summed E-state index contributed by atoms with van der Waals surface area (Å²) < 4.78 is 5.68. The molecule has 0 atom stereocenters. The van der Waals surface area contributed by atoms with Crippen LogP contribution in [0.2, 0.25) is 0 Å². The number of ether oxygens (including phenoxy) is 1. The standard InChI is InChI=1S/C15H19NOS2/c1-10(2)8-17-13-6-4-12(5-7-13)15-16-11(3)14(9-18)19-15/h4-7,10,18H,8-9H2,1-3H3. The van der Waals surface area contributed by atoms with Crippen LogP contribution >= 0.6 is 24.0 Å². The lowest BCUT2D eigenvalue weighted by molar-refractivity contribution is 0.271. The zero-order chi connectivity index (χ0) is 13.8. The van der Waals surface area contributed by atoms with Gasteiger partial charge in [-0.15, -0.1) is 11.3 Å². The van der Waals surface area contributed by atoms with Gasteiger partial charge in [0.25, 0.3) is 0 Å². The molecule has 1 heterocycles. The van der Waals surface area contributed by atoms with Gasteiger partial charge in [0.15, 0.2) is 0 Å². The van der Waals surface area contributed by atoms with E-state index in [1.807, 2.05) is 19.1 Å². The van der Waals surface area contributed by atoms with E-state index in [4.69, 9.17) is 4.74 Å². The molecular weight excluding hydrogens is 274 g/mol. The highest BCUT2D eigenvalue weighted by atomic mass is 32.1.